The van der Waals surface area contributed by atoms with Gasteiger partial charge in [-0.05, 0) is 50.1 Å². The van der Waals surface area contributed by atoms with E-state index >= 15 is 0 Å². The number of nitrogens with zero attached hydrogens (tertiary/aromatic N) is 1. The molecule has 1 aliphatic rings. The maximum absolute atomic E-state index is 10.3. The fraction of sp³-hybridized carbons (Fsp3) is 1.00. The summed E-state index contributed by atoms with van der Waals surface area (Å²) in [6.07, 6.45) is 2.55. The Morgan fingerprint density at radius 2 is 1.59 bits per heavy atom. The molecular weight excluding hydrogens is 210 g/mol. The topological polar surface area (TPSA) is 23.5 Å². The van der Waals surface area contributed by atoms with Crippen molar-refractivity contribution in [3.63, 3.8) is 0 Å². The molecule has 1 saturated heterocycles. The smallest absolute Gasteiger partial charge is 0.0768 e. The molecule has 17 heavy (non-hydrogen) atoms. The predicted molar refractivity (Wildman–Crippen MR) is 74.1 cm³/mol. The van der Waals surface area contributed by atoms with Gasteiger partial charge in [-0.1, -0.05) is 34.6 Å². The van der Waals surface area contributed by atoms with Crippen LogP contribution in [-0.4, -0.2) is 35.2 Å². The molecule has 0 amide bonds. The SMILES string of the molecule is CC(C)C(C)(O)CN1CCC(C(C)(C)C)CC1. The molecular formula is C15H31NO. The van der Waals surface area contributed by atoms with Gasteiger partial charge in [-0.25, -0.2) is 0 Å². The lowest BCUT2D eigenvalue weighted by molar-refractivity contribution is -0.0301. The molecule has 0 aromatic heterocycles. The highest BCUT2D eigenvalue weighted by Crippen LogP contribution is 2.34. The van der Waals surface area contributed by atoms with Crippen molar-refractivity contribution in [1.82, 2.24) is 4.90 Å². The van der Waals surface area contributed by atoms with Crippen LogP contribution in [0.2, 0.25) is 0 Å². The molecule has 1 rings (SSSR count). The minimum atomic E-state index is -0.547. The number of hydrogen-bond acceptors (Lipinski definition) is 2. The maximum atomic E-state index is 10.3. The molecule has 0 bridgehead atoms. The van der Waals surface area contributed by atoms with Gasteiger partial charge < -0.3 is 10.0 Å². The summed E-state index contributed by atoms with van der Waals surface area (Å²) in [7, 11) is 0. The highest BCUT2D eigenvalue weighted by molar-refractivity contribution is 4.85. The third kappa shape index (κ3) is 4.26. The Morgan fingerprint density at radius 3 is 1.94 bits per heavy atom. The molecule has 1 atom stereocenters. The molecule has 0 aromatic rings. The molecule has 0 aliphatic carbocycles. The van der Waals surface area contributed by atoms with E-state index in [0.29, 0.717) is 11.3 Å². The van der Waals surface area contributed by atoms with Gasteiger partial charge in [-0.2, -0.15) is 0 Å². The highest BCUT2D eigenvalue weighted by atomic mass is 16.3. The normalized spacial score (nSPS) is 24.0. The minimum absolute atomic E-state index is 0.322. The van der Waals surface area contributed by atoms with E-state index in [9.17, 15) is 5.11 Å². The van der Waals surface area contributed by atoms with E-state index in [1.165, 1.54) is 12.8 Å². The van der Waals surface area contributed by atoms with Gasteiger partial charge >= 0.3 is 0 Å². The number of β-amino-alcohol motifs (C(OH)–C–C–N with tert-alkyl or cyclic N) is 1. The fourth-order valence-corrected chi connectivity index (χ4v) is 2.59. The largest absolute Gasteiger partial charge is 0.389 e. The number of piperidine rings is 1. The zero-order valence-electron chi connectivity index (χ0n) is 12.6. The first-order valence-electron chi connectivity index (χ1n) is 7.07. The van der Waals surface area contributed by atoms with Crippen molar-refractivity contribution in [2.24, 2.45) is 17.3 Å². The van der Waals surface area contributed by atoms with Gasteiger partial charge in [0.25, 0.3) is 0 Å². The van der Waals surface area contributed by atoms with E-state index in [2.05, 4.69) is 39.5 Å². The van der Waals surface area contributed by atoms with Crippen LogP contribution >= 0.6 is 0 Å². The standard InChI is InChI=1S/C15H31NO/c1-12(2)15(6,17)11-16-9-7-13(8-10-16)14(3,4)5/h12-13,17H,7-11H2,1-6H3. The Bertz CT molecular complexity index is 232. The van der Waals surface area contributed by atoms with Gasteiger partial charge in [0.05, 0.1) is 5.60 Å². The lowest BCUT2D eigenvalue weighted by Crippen LogP contribution is -2.48. The Labute approximate surface area is 107 Å². The first kappa shape index (κ1) is 15.0. The number of likely N-dealkylation sites (tertiary alicyclic amines) is 1. The second kappa shape index (κ2) is 5.27. The van der Waals surface area contributed by atoms with Crippen LogP contribution in [0.3, 0.4) is 0 Å². The minimum Gasteiger partial charge on any atom is -0.389 e. The van der Waals surface area contributed by atoms with E-state index in [0.717, 1.165) is 25.6 Å². The van der Waals surface area contributed by atoms with Crippen molar-refractivity contribution in [1.29, 1.82) is 0 Å². The molecule has 1 unspecified atom stereocenters. The fourth-order valence-electron chi connectivity index (χ4n) is 2.59. The average molecular weight is 241 g/mol. The molecule has 2 heteroatoms. The summed E-state index contributed by atoms with van der Waals surface area (Å²) in [4.78, 5) is 2.43. The van der Waals surface area contributed by atoms with E-state index in [-0.39, 0.29) is 0 Å². The molecule has 0 saturated carbocycles. The molecule has 0 aromatic carbocycles. The predicted octanol–water partition coefficient (Wildman–Crippen LogP) is 3.15. The molecule has 2 nitrogen and oxygen atoms in total. The van der Waals surface area contributed by atoms with Crippen LogP contribution in [0.5, 0.6) is 0 Å². The van der Waals surface area contributed by atoms with Crippen molar-refractivity contribution < 1.29 is 5.11 Å². The quantitative estimate of drug-likeness (QED) is 0.820. The van der Waals surface area contributed by atoms with Crippen LogP contribution in [0, 0.1) is 17.3 Å². The average Bonchev–Trinajstić information content (AvgIpc) is 2.16. The van der Waals surface area contributed by atoms with E-state index in [1.54, 1.807) is 0 Å². The van der Waals surface area contributed by atoms with Crippen LogP contribution in [0.1, 0.15) is 54.4 Å². The van der Waals surface area contributed by atoms with Gasteiger partial charge in [0.1, 0.15) is 0 Å². The number of rotatable bonds is 3. The van der Waals surface area contributed by atoms with Crippen LogP contribution < -0.4 is 0 Å². The van der Waals surface area contributed by atoms with Crippen LogP contribution in [0.4, 0.5) is 0 Å². The molecule has 1 aliphatic heterocycles. The van der Waals surface area contributed by atoms with Gasteiger partial charge in [-0.3, -0.25) is 0 Å². The van der Waals surface area contributed by atoms with Crippen LogP contribution in [0.25, 0.3) is 0 Å². The first-order valence-corrected chi connectivity index (χ1v) is 7.07. The van der Waals surface area contributed by atoms with Gasteiger partial charge in [-0.15, -0.1) is 0 Å². The van der Waals surface area contributed by atoms with Crippen molar-refractivity contribution in [2.75, 3.05) is 19.6 Å². The molecule has 0 spiro atoms. The Morgan fingerprint density at radius 1 is 1.12 bits per heavy atom. The zero-order valence-corrected chi connectivity index (χ0v) is 12.6. The summed E-state index contributed by atoms with van der Waals surface area (Å²) < 4.78 is 0. The van der Waals surface area contributed by atoms with Crippen molar-refractivity contribution >= 4 is 0 Å². The van der Waals surface area contributed by atoms with Crippen molar-refractivity contribution in [2.45, 2.75) is 60.0 Å². The number of aliphatic hydroxyl groups is 1. The van der Waals surface area contributed by atoms with Crippen LogP contribution in [-0.2, 0) is 0 Å². The Kier molecular flexibility index (Phi) is 4.65. The van der Waals surface area contributed by atoms with Gasteiger partial charge in [0.2, 0.25) is 0 Å². The summed E-state index contributed by atoms with van der Waals surface area (Å²) in [5.74, 6) is 1.16. The van der Waals surface area contributed by atoms with E-state index in [4.69, 9.17) is 0 Å². The lowest BCUT2D eigenvalue weighted by atomic mass is 9.75. The molecule has 102 valence electrons. The number of hydrogen-bond donors (Lipinski definition) is 1. The zero-order chi connectivity index (χ0) is 13.3. The summed E-state index contributed by atoms with van der Waals surface area (Å²) in [5.41, 5.74) is -0.110. The molecule has 1 heterocycles. The van der Waals surface area contributed by atoms with Gasteiger partial charge in [0, 0.05) is 6.54 Å². The maximum Gasteiger partial charge on any atom is 0.0768 e. The molecule has 1 N–H and O–H groups in total. The van der Waals surface area contributed by atoms with Crippen molar-refractivity contribution in [3.05, 3.63) is 0 Å². The summed E-state index contributed by atoms with van der Waals surface area (Å²) >= 11 is 0. The van der Waals surface area contributed by atoms with Crippen molar-refractivity contribution in [3.8, 4) is 0 Å². The highest BCUT2D eigenvalue weighted by Gasteiger charge is 2.32. The summed E-state index contributed by atoms with van der Waals surface area (Å²) in [6.45, 7) is 16.3. The Hall–Kier alpha value is -0.0800. The third-order valence-electron chi connectivity index (χ3n) is 4.60. The van der Waals surface area contributed by atoms with Gasteiger partial charge in [0.15, 0.2) is 0 Å². The molecule has 0 radical (unpaired) electrons. The third-order valence-corrected chi connectivity index (χ3v) is 4.60. The second-order valence-corrected chi connectivity index (χ2v) is 7.43. The summed E-state index contributed by atoms with van der Waals surface area (Å²) in [6, 6.07) is 0. The Balaban J connectivity index is 2.43. The first-order chi connectivity index (χ1) is 7.63. The molecule has 1 fully saturated rings. The van der Waals surface area contributed by atoms with E-state index < -0.39 is 5.60 Å². The summed E-state index contributed by atoms with van der Waals surface area (Å²) in [5, 5.41) is 10.3. The lowest BCUT2D eigenvalue weighted by Gasteiger charge is -2.41. The second-order valence-electron chi connectivity index (χ2n) is 7.43. The monoisotopic (exact) mass is 241 g/mol. The van der Waals surface area contributed by atoms with Crippen LogP contribution in [0.15, 0.2) is 0 Å². The van der Waals surface area contributed by atoms with E-state index in [1.807, 2.05) is 6.92 Å².